The molecule has 1 saturated heterocycles. The summed E-state index contributed by atoms with van der Waals surface area (Å²) in [5, 5.41) is 2.60. The van der Waals surface area contributed by atoms with Crippen LogP contribution in [0.3, 0.4) is 0 Å². The van der Waals surface area contributed by atoms with Crippen molar-refractivity contribution in [3.8, 4) is 0 Å². The first kappa shape index (κ1) is 14.0. The molecule has 0 aliphatic carbocycles. The zero-order chi connectivity index (χ0) is 12.7. The Balaban J connectivity index is 2.33. The predicted octanol–water partition coefficient (Wildman–Crippen LogP) is 0.398. The van der Waals surface area contributed by atoms with Gasteiger partial charge in [0.15, 0.2) is 0 Å². The topological polar surface area (TPSA) is 58.6 Å². The zero-order valence-electron chi connectivity index (χ0n) is 10.7. The summed E-state index contributed by atoms with van der Waals surface area (Å²) in [5.41, 5.74) is 0. The molecule has 0 bridgehead atoms. The van der Waals surface area contributed by atoms with Gasteiger partial charge < -0.3 is 15.0 Å². The summed E-state index contributed by atoms with van der Waals surface area (Å²) in [6.45, 7) is 4.66. The number of esters is 1. The van der Waals surface area contributed by atoms with E-state index in [1.807, 2.05) is 6.92 Å². The van der Waals surface area contributed by atoms with Gasteiger partial charge in [-0.2, -0.15) is 0 Å². The van der Waals surface area contributed by atoms with Crippen molar-refractivity contribution < 1.29 is 14.3 Å². The smallest absolute Gasteiger partial charge is 0.310 e. The van der Waals surface area contributed by atoms with Gasteiger partial charge in [-0.15, -0.1) is 0 Å². The Labute approximate surface area is 102 Å². The molecule has 1 atom stereocenters. The number of hydrogen-bond donors (Lipinski definition) is 1. The van der Waals surface area contributed by atoms with Crippen molar-refractivity contribution >= 4 is 11.9 Å². The SMILES string of the molecule is CCOC(=O)[C@H]1CCCN(CCC(=O)NC)C1. The molecule has 5 heteroatoms. The third kappa shape index (κ3) is 4.73. The zero-order valence-corrected chi connectivity index (χ0v) is 10.7. The van der Waals surface area contributed by atoms with E-state index in [0.717, 1.165) is 32.5 Å². The summed E-state index contributed by atoms with van der Waals surface area (Å²) in [5.74, 6) is -0.0752. The molecular formula is C12H22N2O3. The molecule has 0 aromatic heterocycles. The Hall–Kier alpha value is -1.10. The maximum Gasteiger partial charge on any atom is 0.310 e. The standard InChI is InChI=1S/C12H22N2O3/c1-3-17-12(16)10-5-4-7-14(9-10)8-6-11(15)13-2/h10H,3-9H2,1-2H3,(H,13,15)/t10-/m0/s1. The van der Waals surface area contributed by atoms with E-state index in [1.165, 1.54) is 0 Å². The molecule has 0 aromatic rings. The molecule has 1 rings (SSSR count). The summed E-state index contributed by atoms with van der Waals surface area (Å²) in [6.07, 6.45) is 2.39. The molecule has 5 nitrogen and oxygen atoms in total. The first-order valence-electron chi connectivity index (χ1n) is 6.27. The minimum Gasteiger partial charge on any atom is -0.466 e. The van der Waals surface area contributed by atoms with Gasteiger partial charge in [-0.1, -0.05) is 0 Å². The van der Waals surface area contributed by atoms with Gasteiger partial charge in [0.25, 0.3) is 0 Å². The highest BCUT2D eigenvalue weighted by Crippen LogP contribution is 2.17. The van der Waals surface area contributed by atoms with Crippen LogP contribution in [0.5, 0.6) is 0 Å². The van der Waals surface area contributed by atoms with Crippen LogP contribution >= 0.6 is 0 Å². The molecule has 1 aliphatic rings. The van der Waals surface area contributed by atoms with Crippen molar-refractivity contribution in [2.24, 2.45) is 5.92 Å². The summed E-state index contributed by atoms with van der Waals surface area (Å²) >= 11 is 0. The molecule has 1 aliphatic heterocycles. The molecule has 0 unspecified atom stereocenters. The molecule has 0 aromatic carbocycles. The maximum absolute atomic E-state index is 11.6. The molecule has 1 amide bonds. The molecule has 0 spiro atoms. The van der Waals surface area contributed by atoms with E-state index < -0.39 is 0 Å². The van der Waals surface area contributed by atoms with Gasteiger partial charge in [0.05, 0.1) is 12.5 Å². The number of likely N-dealkylation sites (tertiary alicyclic amines) is 1. The molecule has 1 N–H and O–H groups in total. The van der Waals surface area contributed by atoms with Crippen LogP contribution in [0.25, 0.3) is 0 Å². The minimum absolute atomic E-state index is 0.0200. The number of piperidine rings is 1. The third-order valence-electron chi connectivity index (χ3n) is 3.06. The first-order chi connectivity index (χ1) is 8.17. The van der Waals surface area contributed by atoms with Gasteiger partial charge in [-0.05, 0) is 26.3 Å². The fraction of sp³-hybridized carbons (Fsp3) is 0.833. The summed E-state index contributed by atoms with van der Waals surface area (Å²) in [4.78, 5) is 24.9. The van der Waals surface area contributed by atoms with Crippen LogP contribution in [0.4, 0.5) is 0 Å². The highest BCUT2D eigenvalue weighted by molar-refractivity contribution is 5.75. The lowest BCUT2D eigenvalue weighted by Crippen LogP contribution is -2.40. The van der Waals surface area contributed by atoms with E-state index in [0.29, 0.717) is 13.0 Å². The van der Waals surface area contributed by atoms with Crippen molar-refractivity contribution in [1.29, 1.82) is 0 Å². The van der Waals surface area contributed by atoms with Crippen molar-refractivity contribution in [2.45, 2.75) is 26.2 Å². The predicted molar refractivity (Wildman–Crippen MR) is 64.5 cm³/mol. The quantitative estimate of drug-likeness (QED) is 0.709. The van der Waals surface area contributed by atoms with Crippen molar-refractivity contribution in [3.63, 3.8) is 0 Å². The number of nitrogens with zero attached hydrogens (tertiary/aromatic N) is 1. The van der Waals surface area contributed by atoms with Crippen LogP contribution in [0.15, 0.2) is 0 Å². The summed E-state index contributed by atoms with van der Waals surface area (Å²) < 4.78 is 5.03. The third-order valence-corrected chi connectivity index (χ3v) is 3.06. The molecule has 0 saturated carbocycles. The normalized spacial score (nSPS) is 20.9. The van der Waals surface area contributed by atoms with Crippen LogP contribution in [0, 0.1) is 5.92 Å². The van der Waals surface area contributed by atoms with E-state index >= 15 is 0 Å². The fourth-order valence-corrected chi connectivity index (χ4v) is 2.10. The van der Waals surface area contributed by atoms with Crippen molar-refractivity contribution in [3.05, 3.63) is 0 Å². The first-order valence-corrected chi connectivity index (χ1v) is 6.27. The average molecular weight is 242 g/mol. The Morgan fingerprint density at radius 2 is 2.24 bits per heavy atom. The van der Waals surface area contributed by atoms with E-state index in [2.05, 4.69) is 10.2 Å². The Bertz CT molecular complexity index is 268. The highest BCUT2D eigenvalue weighted by Gasteiger charge is 2.26. The lowest BCUT2D eigenvalue weighted by molar-refractivity contribution is -0.149. The van der Waals surface area contributed by atoms with Crippen LogP contribution < -0.4 is 5.32 Å². The largest absolute Gasteiger partial charge is 0.466 e. The lowest BCUT2D eigenvalue weighted by Gasteiger charge is -2.31. The van der Waals surface area contributed by atoms with Crippen LogP contribution in [0.2, 0.25) is 0 Å². The second kappa shape index (κ2) is 7.27. The number of hydrogen-bond acceptors (Lipinski definition) is 4. The maximum atomic E-state index is 11.6. The molecule has 1 fully saturated rings. The number of ether oxygens (including phenoxy) is 1. The number of nitrogens with one attached hydrogen (secondary N) is 1. The van der Waals surface area contributed by atoms with Crippen molar-refractivity contribution in [1.82, 2.24) is 10.2 Å². The van der Waals surface area contributed by atoms with Crippen LogP contribution in [0.1, 0.15) is 26.2 Å². The van der Waals surface area contributed by atoms with E-state index in [1.54, 1.807) is 7.05 Å². The second-order valence-corrected chi connectivity index (χ2v) is 4.31. The van der Waals surface area contributed by atoms with Crippen molar-refractivity contribution in [2.75, 3.05) is 33.3 Å². The molecule has 0 radical (unpaired) electrons. The number of carbonyl (C=O) groups excluding carboxylic acids is 2. The molecule has 17 heavy (non-hydrogen) atoms. The van der Waals surface area contributed by atoms with Gasteiger partial charge in [0.2, 0.25) is 5.91 Å². The van der Waals surface area contributed by atoms with E-state index in [4.69, 9.17) is 4.74 Å². The average Bonchev–Trinajstić information content (AvgIpc) is 2.36. The Kier molecular flexibility index (Phi) is 5.97. The number of rotatable bonds is 5. The fourth-order valence-electron chi connectivity index (χ4n) is 2.10. The van der Waals surface area contributed by atoms with Gasteiger partial charge in [-0.3, -0.25) is 9.59 Å². The van der Waals surface area contributed by atoms with Gasteiger partial charge in [-0.25, -0.2) is 0 Å². The molecular weight excluding hydrogens is 220 g/mol. The minimum atomic E-state index is -0.0999. The van der Waals surface area contributed by atoms with E-state index in [-0.39, 0.29) is 17.8 Å². The number of carbonyl (C=O) groups is 2. The van der Waals surface area contributed by atoms with E-state index in [9.17, 15) is 9.59 Å². The van der Waals surface area contributed by atoms with Gasteiger partial charge in [0, 0.05) is 26.6 Å². The summed E-state index contributed by atoms with van der Waals surface area (Å²) in [6, 6.07) is 0. The second-order valence-electron chi connectivity index (χ2n) is 4.31. The van der Waals surface area contributed by atoms with Crippen LogP contribution in [-0.4, -0.2) is 50.1 Å². The lowest BCUT2D eigenvalue weighted by atomic mass is 9.98. The highest BCUT2D eigenvalue weighted by atomic mass is 16.5. The Morgan fingerprint density at radius 3 is 2.88 bits per heavy atom. The van der Waals surface area contributed by atoms with Crippen LogP contribution in [-0.2, 0) is 14.3 Å². The Morgan fingerprint density at radius 1 is 1.47 bits per heavy atom. The number of amides is 1. The van der Waals surface area contributed by atoms with Gasteiger partial charge >= 0.3 is 5.97 Å². The molecule has 98 valence electrons. The molecule has 1 heterocycles. The van der Waals surface area contributed by atoms with Gasteiger partial charge in [0.1, 0.15) is 0 Å². The summed E-state index contributed by atoms with van der Waals surface area (Å²) in [7, 11) is 1.64. The monoisotopic (exact) mass is 242 g/mol.